The minimum Gasteiger partial charge on any atom is -0.493 e. The first-order valence-electron chi connectivity index (χ1n) is 3.33. The first kappa shape index (κ1) is 9.80. The molecule has 0 unspecified atom stereocenters. The summed E-state index contributed by atoms with van der Waals surface area (Å²) in [6.07, 6.45) is 0. The topological polar surface area (TPSA) is 46.5 Å². The molecule has 13 heavy (non-hydrogen) atoms. The molecule has 0 aliphatic heterocycles. The van der Waals surface area contributed by atoms with E-state index in [0.29, 0.717) is 0 Å². The van der Waals surface area contributed by atoms with E-state index in [1.807, 2.05) is 0 Å². The molecule has 70 valence electrons. The van der Waals surface area contributed by atoms with Crippen LogP contribution in [0.3, 0.4) is 0 Å². The number of aromatic carboxylic acids is 1. The van der Waals surface area contributed by atoms with Gasteiger partial charge in [0.2, 0.25) is 0 Å². The minimum atomic E-state index is -1.26. The van der Waals surface area contributed by atoms with Crippen molar-refractivity contribution in [3.63, 3.8) is 0 Å². The van der Waals surface area contributed by atoms with Gasteiger partial charge in [-0.05, 0) is 12.1 Å². The molecule has 0 saturated carbocycles. The van der Waals surface area contributed by atoms with E-state index in [1.54, 1.807) is 0 Å². The lowest BCUT2D eigenvalue weighted by atomic mass is 10.2. The molecule has 0 amide bonds. The lowest BCUT2D eigenvalue weighted by molar-refractivity contribution is 0.0692. The van der Waals surface area contributed by atoms with Gasteiger partial charge in [-0.15, -0.1) is 0 Å². The van der Waals surface area contributed by atoms with Crippen molar-refractivity contribution in [2.45, 2.75) is 0 Å². The summed E-state index contributed by atoms with van der Waals surface area (Å²) >= 11 is 5.42. The third kappa shape index (κ3) is 1.72. The van der Waals surface area contributed by atoms with Gasteiger partial charge in [0, 0.05) is 0 Å². The van der Waals surface area contributed by atoms with Gasteiger partial charge in [0.1, 0.15) is 5.56 Å². The third-order valence-electron chi connectivity index (χ3n) is 1.48. The Labute approximate surface area is 78.7 Å². The van der Waals surface area contributed by atoms with Crippen LogP contribution in [0.2, 0.25) is 5.02 Å². The van der Waals surface area contributed by atoms with E-state index < -0.39 is 11.8 Å². The Morgan fingerprint density at radius 3 is 2.69 bits per heavy atom. The Bertz CT molecular complexity index is 351. The van der Waals surface area contributed by atoms with Gasteiger partial charge in [0.05, 0.1) is 12.1 Å². The molecule has 0 aliphatic carbocycles. The van der Waals surface area contributed by atoms with Crippen LogP contribution in [0.4, 0.5) is 4.39 Å². The molecule has 5 heteroatoms. The van der Waals surface area contributed by atoms with Crippen LogP contribution in [-0.4, -0.2) is 18.2 Å². The maximum Gasteiger partial charge on any atom is 0.339 e. The minimum absolute atomic E-state index is 0.165. The summed E-state index contributed by atoms with van der Waals surface area (Å²) in [6, 6.07) is 2.36. The second-order valence-electron chi connectivity index (χ2n) is 2.25. The van der Waals surface area contributed by atoms with Crippen molar-refractivity contribution in [3.05, 3.63) is 28.5 Å². The highest BCUT2D eigenvalue weighted by Crippen LogP contribution is 2.28. The van der Waals surface area contributed by atoms with Gasteiger partial charge in [-0.3, -0.25) is 0 Å². The highest BCUT2D eigenvalue weighted by molar-refractivity contribution is 6.31. The summed E-state index contributed by atoms with van der Waals surface area (Å²) in [4.78, 5) is 10.6. The predicted octanol–water partition coefficient (Wildman–Crippen LogP) is 2.19. The molecule has 1 N–H and O–H groups in total. The summed E-state index contributed by atoms with van der Waals surface area (Å²) in [6.45, 7) is 0. The van der Waals surface area contributed by atoms with Gasteiger partial charge >= 0.3 is 5.97 Å². The van der Waals surface area contributed by atoms with Crippen molar-refractivity contribution in [2.75, 3.05) is 7.11 Å². The van der Waals surface area contributed by atoms with Crippen molar-refractivity contribution in [1.29, 1.82) is 0 Å². The highest BCUT2D eigenvalue weighted by Gasteiger charge is 2.17. The lowest BCUT2D eigenvalue weighted by Crippen LogP contribution is -2.02. The largest absolute Gasteiger partial charge is 0.493 e. The van der Waals surface area contributed by atoms with E-state index in [9.17, 15) is 9.18 Å². The molecule has 1 aromatic rings. The fourth-order valence-corrected chi connectivity index (χ4v) is 1.05. The summed E-state index contributed by atoms with van der Waals surface area (Å²) in [7, 11) is 1.18. The average molecular weight is 205 g/mol. The number of carbonyl (C=O) groups is 1. The van der Waals surface area contributed by atoms with Crippen LogP contribution in [0.15, 0.2) is 12.1 Å². The zero-order valence-corrected chi connectivity index (χ0v) is 7.43. The van der Waals surface area contributed by atoms with E-state index >= 15 is 0 Å². The van der Waals surface area contributed by atoms with E-state index in [0.717, 1.165) is 0 Å². The number of methoxy groups -OCH3 is 1. The van der Waals surface area contributed by atoms with Crippen LogP contribution in [-0.2, 0) is 0 Å². The molecule has 0 fully saturated rings. The number of hydrogen-bond donors (Lipinski definition) is 1. The van der Waals surface area contributed by atoms with Crippen molar-refractivity contribution in [3.8, 4) is 5.75 Å². The molecule has 0 aliphatic rings. The van der Waals surface area contributed by atoms with Crippen molar-refractivity contribution < 1.29 is 19.0 Å². The molecule has 0 radical (unpaired) electrons. The fraction of sp³-hybridized carbons (Fsp3) is 0.125. The van der Waals surface area contributed by atoms with Gasteiger partial charge in [0.15, 0.2) is 11.6 Å². The third-order valence-corrected chi connectivity index (χ3v) is 1.78. The van der Waals surface area contributed by atoms with Crippen LogP contribution >= 0.6 is 11.6 Å². The van der Waals surface area contributed by atoms with Crippen LogP contribution in [0.5, 0.6) is 5.75 Å². The van der Waals surface area contributed by atoms with Crippen LogP contribution < -0.4 is 4.74 Å². The Balaban J connectivity index is 3.38. The van der Waals surface area contributed by atoms with Gasteiger partial charge < -0.3 is 9.84 Å². The van der Waals surface area contributed by atoms with Crippen molar-refractivity contribution >= 4 is 17.6 Å². The monoisotopic (exact) mass is 204 g/mol. The maximum atomic E-state index is 13.1. The molecule has 0 bridgehead atoms. The summed E-state index contributed by atoms with van der Waals surface area (Å²) in [5, 5.41) is 8.46. The zero-order chi connectivity index (χ0) is 10.0. The van der Waals surface area contributed by atoms with Crippen LogP contribution in [0.1, 0.15) is 10.4 Å². The summed E-state index contributed by atoms with van der Waals surface area (Å²) in [5.41, 5.74) is -0.246. The average Bonchev–Trinajstić information content (AvgIpc) is 2.09. The number of rotatable bonds is 2. The SMILES string of the molecule is COc1c(C(=O)O)ccc(Cl)c1F. The van der Waals surface area contributed by atoms with Crippen molar-refractivity contribution in [1.82, 2.24) is 0 Å². The first-order valence-corrected chi connectivity index (χ1v) is 3.71. The van der Waals surface area contributed by atoms with E-state index in [1.165, 1.54) is 19.2 Å². The Morgan fingerprint density at radius 1 is 1.62 bits per heavy atom. The van der Waals surface area contributed by atoms with Crippen LogP contribution in [0, 0.1) is 5.82 Å². The molecular formula is C8H6ClFO3. The Kier molecular flexibility index (Phi) is 2.72. The number of halogens is 2. The quantitative estimate of drug-likeness (QED) is 0.803. The fourth-order valence-electron chi connectivity index (χ4n) is 0.900. The standard InChI is InChI=1S/C8H6ClFO3/c1-13-7-4(8(11)12)2-3-5(9)6(7)10/h2-3H,1H3,(H,11,12). The molecule has 0 saturated heterocycles. The normalized spacial score (nSPS) is 9.77. The van der Waals surface area contributed by atoms with Crippen molar-refractivity contribution in [2.24, 2.45) is 0 Å². The predicted molar refractivity (Wildman–Crippen MR) is 44.9 cm³/mol. The molecule has 3 nitrogen and oxygen atoms in total. The molecule has 0 aromatic heterocycles. The number of carboxylic acids is 1. The van der Waals surface area contributed by atoms with Crippen LogP contribution in [0.25, 0.3) is 0 Å². The van der Waals surface area contributed by atoms with Gasteiger partial charge in [-0.25, -0.2) is 9.18 Å². The number of carboxylic acid groups (broad SMARTS) is 1. The van der Waals surface area contributed by atoms with Gasteiger partial charge in [-0.1, -0.05) is 11.6 Å². The number of hydrogen-bond acceptors (Lipinski definition) is 2. The molecule has 1 rings (SSSR count). The van der Waals surface area contributed by atoms with E-state index in [4.69, 9.17) is 16.7 Å². The number of benzene rings is 1. The summed E-state index contributed by atoms with van der Waals surface area (Å²) in [5.74, 6) is -2.46. The lowest BCUT2D eigenvalue weighted by Gasteiger charge is -2.06. The Morgan fingerprint density at radius 2 is 2.23 bits per heavy atom. The molecular weight excluding hydrogens is 199 g/mol. The van der Waals surface area contributed by atoms with E-state index in [2.05, 4.69) is 4.74 Å². The highest BCUT2D eigenvalue weighted by atomic mass is 35.5. The molecule has 0 heterocycles. The summed E-state index contributed by atoms with van der Waals surface area (Å²) < 4.78 is 17.7. The first-order chi connectivity index (χ1) is 6.07. The van der Waals surface area contributed by atoms with E-state index in [-0.39, 0.29) is 16.3 Å². The molecule has 0 spiro atoms. The number of ether oxygens (including phenoxy) is 1. The van der Waals surface area contributed by atoms with Gasteiger partial charge in [-0.2, -0.15) is 0 Å². The molecule has 1 aromatic carbocycles. The smallest absolute Gasteiger partial charge is 0.339 e. The second-order valence-corrected chi connectivity index (χ2v) is 2.65. The maximum absolute atomic E-state index is 13.1. The van der Waals surface area contributed by atoms with Gasteiger partial charge in [0.25, 0.3) is 0 Å². The molecule has 0 atom stereocenters. The Hall–Kier alpha value is -1.29. The zero-order valence-electron chi connectivity index (χ0n) is 6.67. The second kappa shape index (κ2) is 3.62.